The minimum atomic E-state index is 0.496. The van der Waals surface area contributed by atoms with Crippen LogP contribution in [0.25, 0.3) is 0 Å². The number of aromatic nitrogens is 3. The Morgan fingerprint density at radius 3 is 2.50 bits per heavy atom. The second-order valence-corrected chi connectivity index (χ2v) is 6.15. The number of aryl methyl sites for hydroxylation is 1. The first-order chi connectivity index (χ1) is 10.6. The summed E-state index contributed by atoms with van der Waals surface area (Å²) in [5, 5.41) is 1.17. The second kappa shape index (κ2) is 6.77. The number of hydrogen-bond donors (Lipinski definition) is 0. The summed E-state index contributed by atoms with van der Waals surface area (Å²) in [4.78, 5) is 17.5. The molecule has 1 aliphatic rings. The Balaban J connectivity index is 1.59. The quantitative estimate of drug-likeness (QED) is 0.806. The fourth-order valence-corrected chi connectivity index (χ4v) is 2.87. The highest BCUT2D eigenvalue weighted by atomic mass is 35.5. The molecule has 0 atom stereocenters. The maximum absolute atomic E-state index is 6.01. The Morgan fingerprint density at radius 2 is 1.86 bits per heavy atom. The van der Waals surface area contributed by atoms with Crippen molar-refractivity contribution in [2.24, 2.45) is 0 Å². The van der Waals surface area contributed by atoms with Crippen molar-refractivity contribution in [2.45, 2.75) is 13.5 Å². The van der Waals surface area contributed by atoms with Gasteiger partial charge in [0.15, 0.2) is 0 Å². The molecule has 0 bridgehead atoms. The van der Waals surface area contributed by atoms with Crippen LogP contribution in [0.1, 0.15) is 11.5 Å². The molecule has 1 aliphatic heterocycles. The van der Waals surface area contributed by atoms with Gasteiger partial charge in [0.2, 0.25) is 0 Å². The lowest BCUT2D eigenvalue weighted by Crippen LogP contribution is -2.46. The Bertz CT molecular complexity index is 619. The molecule has 1 saturated heterocycles. The topological polar surface area (TPSA) is 45.2 Å². The van der Waals surface area contributed by atoms with E-state index in [1.165, 1.54) is 0 Å². The van der Waals surface area contributed by atoms with Gasteiger partial charge in [0, 0.05) is 45.0 Å². The van der Waals surface area contributed by atoms with Gasteiger partial charge in [-0.15, -0.1) is 0 Å². The molecule has 3 rings (SSSR count). The van der Waals surface area contributed by atoms with Gasteiger partial charge in [-0.2, -0.15) is 0 Å². The smallest absolute Gasteiger partial charge is 0.134 e. The fraction of sp³-hybridized carbons (Fsp3) is 0.400. The average Bonchev–Trinajstić information content (AvgIpc) is 2.49. The largest absolute Gasteiger partial charge is 0.354 e. The van der Waals surface area contributed by atoms with Gasteiger partial charge in [-0.05, 0) is 19.1 Å². The monoisotopic (exact) mass is 337 g/mol. The molecule has 116 valence electrons. The van der Waals surface area contributed by atoms with Crippen LogP contribution in [-0.2, 0) is 6.54 Å². The van der Waals surface area contributed by atoms with Crippen LogP contribution in [0.3, 0.4) is 0 Å². The van der Waals surface area contributed by atoms with E-state index in [1.54, 1.807) is 6.20 Å². The van der Waals surface area contributed by atoms with Gasteiger partial charge >= 0.3 is 0 Å². The van der Waals surface area contributed by atoms with Gasteiger partial charge in [-0.25, -0.2) is 9.97 Å². The van der Waals surface area contributed by atoms with Crippen molar-refractivity contribution in [3.05, 3.63) is 46.1 Å². The van der Waals surface area contributed by atoms with Crippen molar-refractivity contribution in [3.8, 4) is 0 Å². The van der Waals surface area contributed by atoms with E-state index in [9.17, 15) is 0 Å². The molecule has 0 amide bonds. The zero-order valence-corrected chi connectivity index (χ0v) is 13.8. The zero-order chi connectivity index (χ0) is 15.5. The molecule has 0 aromatic carbocycles. The van der Waals surface area contributed by atoms with Gasteiger partial charge in [-0.3, -0.25) is 9.88 Å². The summed E-state index contributed by atoms with van der Waals surface area (Å²) in [6.45, 7) is 6.46. The minimum absolute atomic E-state index is 0.496. The molecular weight excluding hydrogens is 321 g/mol. The lowest BCUT2D eigenvalue weighted by molar-refractivity contribution is 0.246. The predicted molar refractivity (Wildman–Crippen MR) is 88.5 cm³/mol. The molecule has 1 fully saturated rings. The van der Waals surface area contributed by atoms with Crippen molar-refractivity contribution in [1.29, 1.82) is 0 Å². The number of halogens is 2. The molecular formula is C15H17Cl2N5. The van der Waals surface area contributed by atoms with E-state index < -0.39 is 0 Å². The Labute approximate surface area is 139 Å². The van der Waals surface area contributed by atoms with Crippen molar-refractivity contribution < 1.29 is 0 Å². The van der Waals surface area contributed by atoms with E-state index in [0.717, 1.165) is 44.2 Å². The number of anilines is 1. The first kappa shape index (κ1) is 15.5. The van der Waals surface area contributed by atoms with Crippen molar-refractivity contribution in [1.82, 2.24) is 19.9 Å². The summed E-state index contributed by atoms with van der Waals surface area (Å²) < 4.78 is 0. The molecule has 2 aromatic rings. The standard InChI is InChI=1S/C15H17Cl2N5/c1-11-19-14(17)8-15(20-11)22-6-4-21(5-7-22)10-13-3-2-12(16)9-18-13/h2-3,8-9H,4-7,10H2,1H3. The van der Waals surface area contributed by atoms with Crippen LogP contribution < -0.4 is 4.90 Å². The molecule has 0 unspecified atom stereocenters. The molecule has 0 radical (unpaired) electrons. The number of pyridine rings is 1. The first-order valence-corrected chi connectivity index (χ1v) is 7.95. The van der Waals surface area contributed by atoms with Crippen molar-refractivity contribution in [2.75, 3.05) is 31.1 Å². The van der Waals surface area contributed by atoms with Crippen molar-refractivity contribution in [3.63, 3.8) is 0 Å². The minimum Gasteiger partial charge on any atom is -0.354 e. The summed E-state index contributed by atoms with van der Waals surface area (Å²) in [5.74, 6) is 1.61. The fourth-order valence-electron chi connectivity index (χ4n) is 2.54. The van der Waals surface area contributed by atoms with E-state index in [0.29, 0.717) is 16.0 Å². The van der Waals surface area contributed by atoms with Crippen LogP contribution in [-0.4, -0.2) is 46.0 Å². The van der Waals surface area contributed by atoms with E-state index in [2.05, 4.69) is 24.8 Å². The van der Waals surface area contributed by atoms with Crippen LogP contribution in [0.15, 0.2) is 24.4 Å². The molecule has 7 heteroatoms. The summed E-state index contributed by atoms with van der Waals surface area (Å²) in [5.41, 5.74) is 1.04. The van der Waals surface area contributed by atoms with Gasteiger partial charge in [0.1, 0.15) is 16.8 Å². The summed E-state index contributed by atoms with van der Waals surface area (Å²) in [6.07, 6.45) is 1.69. The summed E-state index contributed by atoms with van der Waals surface area (Å²) in [6, 6.07) is 5.68. The third-order valence-corrected chi connectivity index (χ3v) is 4.08. The van der Waals surface area contributed by atoms with E-state index in [-0.39, 0.29) is 0 Å². The summed E-state index contributed by atoms with van der Waals surface area (Å²) >= 11 is 11.9. The Hall–Kier alpha value is -1.43. The van der Waals surface area contributed by atoms with Gasteiger partial charge in [0.05, 0.1) is 10.7 Å². The Kier molecular flexibility index (Phi) is 4.76. The average molecular weight is 338 g/mol. The van der Waals surface area contributed by atoms with Gasteiger partial charge in [0.25, 0.3) is 0 Å². The zero-order valence-electron chi connectivity index (χ0n) is 12.3. The molecule has 5 nitrogen and oxygen atoms in total. The summed E-state index contributed by atoms with van der Waals surface area (Å²) in [7, 11) is 0. The highest BCUT2D eigenvalue weighted by Crippen LogP contribution is 2.18. The molecule has 22 heavy (non-hydrogen) atoms. The first-order valence-electron chi connectivity index (χ1n) is 7.19. The maximum Gasteiger partial charge on any atom is 0.134 e. The van der Waals surface area contributed by atoms with Crippen LogP contribution in [0, 0.1) is 6.92 Å². The second-order valence-electron chi connectivity index (χ2n) is 5.33. The number of piperazine rings is 1. The van der Waals surface area contributed by atoms with Gasteiger partial charge in [-0.1, -0.05) is 23.2 Å². The lowest BCUT2D eigenvalue weighted by atomic mass is 10.2. The highest BCUT2D eigenvalue weighted by Gasteiger charge is 2.19. The number of hydrogen-bond acceptors (Lipinski definition) is 5. The van der Waals surface area contributed by atoms with Crippen LogP contribution in [0.2, 0.25) is 10.2 Å². The highest BCUT2D eigenvalue weighted by molar-refractivity contribution is 6.30. The predicted octanol–water partition coefficient (Wildman–Crippen LogP) is 2.81. The normalized spacial score (nSPS) is 16.0. The third kappa shape index (κ3) is 3.85. The number of nitrogens with zero attached hydrogens (tertiary/aromatic N) is 5. The SMILES string of the molecule is Cc1nc(Cl)cc(N2CCN(Cc3ccc(Cl)cn3)CC2)n1. The lowest BCUT2D eigenvalue weighted by Gasteiger charge is -2.35. The van der Waals surface area contributed by atoms with E-state index >= 15 is 0 Å². The number of rotatable bonds is 3. The molecule has 0 aliphatic carbocycles. The van der Waals surface area contributed by atoms with E-state index in [4.69, 9.17) is 23.2 Å². The Morgan fingerprint density at radius 1 is 1.09 bits per heavy atom. The van der Waals surface area contributed by atoms with Crippen LogP contribution >= 0.6 is 23.2 Å². The maximum atomic E-state index is 6.01. The van der Waals surface area contributed by atoms with Gasteiger partial charge < -0.3 is 4.90 Å². The van der Waals surface area contributed by atoms with E-state index in [1.807, 2.05) is 25.1 Å². The molecule has 0 saturated carbocycles. The third-order valence-electron chi connectivity index (χ3n) is 3.66. The van der Waals surface area contributed by atoms with Crippen LogP contribution in [0.5, 0.6) is 0 Å². The molecule has 0 spiro atoms. The molecule has 3 heterocycles. The molecule has 0 N–H and O–H groups in total. The van der Waals surface area contributed by atoms with Crippen molar-refractivity contribution >= 4 is 29.0 Å². The van der Waals surface area contributed by atoms with Crippen LogP contribution in [0.4, 0.5) is 5.82 Å². The molecule has 2 aromatic heterocycles.